The predicted octanol–water partition coefficient (Wildman–Crippen LogP) is 3.44. The molecule has 5 rings (SSSR count). The average Bonchev–Trinajstić information content (AvgIpc) is 3.53. The van der Waals surface area contributed by atoms with Gasteiger partial charge >= 0.3 is 0 Å². The molecule has 164 valence electrons. The van der Waals surface area contributed by atoms with E-state index in [4.69, 9.17) is 9.15 Å². The van der Waals surface area contributed by atoms with Crippen molar-refractivity contribution in [2.75, 3.05) is 19.7 Å². The maximum Gasteiger partial charge on any atom is 0.291 e. The zero-order valence-electron chi connectivity index (χ0n) is 18.0. The summed E-state index contributed by atoms with van der Waals surface area (Å²) in [5, 5.41) is 0. The van der Waals surface area contributed by atoms with Crippen LogP contribution in [0, 0.1) is 6.92 Å². The minimum absolute atomic E-state index is 0.101. The average molecular weight is 424 g/mol. The summed E-state index contributed by atoms with van der Waals surface area (Å²) in [6, 6.07) is 10.1. The molecule has 3 aliphatic rings. The van der Waals surface area contributed by atoms with E-state index in [0.29, 0.717) is 37.2 Å². The van der Waals surface area contributed by atoms with Crippen molar-refractivity contribution in [1.29, 1.82) is 0 Å². The Morgan fingerprint density at radius 1 is 1.10 bits per heavy atom. The highest BCUT2D eigenvalue weighted by molar-refractivity contribution is 5.95. The summed E-state index contributed by atoms with van der Waals surface area (Å²) < 4.78 is 11.6. The second-order valence-electron chi connectivity index (χ2n) is 9.05. The van der Waals surface area contributed by atoms with Crippen LogP contribution in [-0.2, 0) is 4.74 Å². The maximum atomic E-state index is 13.3. The van der Waals surface area contributed by atoms with E-state index in [0.717, 1.165) is 44.1 Å². The molecular formula is C24H29N3O4. The second-order valence-corrected chi connectivity index (χ2v) is 9.05. The van der Waals surface area contributed by atoms with Crippen LogP contribution >= 0.6 is 0 Å². The Morgan fingerprint density at radius 3 is 2.48 bits per heavy atom. The first-order chi connectivity index (χ1) is 15.1. The van der Waals surface area contributed by atoms with Crippen molar-refractivity contribution in [1.82, 2.24) is 14.8 Å². The van der Waals surface area contributed by atoms with Crippen LogP contribution in [-0.4, -0.2) is 64.0 Å². The van der Waals surface area contributed by atoms with Crippen molar-refractivity contribution >= 4 is 11.8 Å². The number of aryl methyl sites for hydroxylation is 1. The van der Waals surface area contributed by atoms with E-state index < -0.39 is 0 Å². The van der Waals surface area contributed by atoms with Gasteiger partial charge in [-0.05, 0) is 57.6 Å². The number of rotatable bonds is 4. The van der Waals surface area contributed by atoms with Gasteiger partial charge in [-0.3, -0.25) is 9.59 Å². The summed E-state index contributed by atoms with van der Waals surface area (Å²) in [6.07, 6.45) is 6.76. The smallest absolute Gasteiger partial charge is 0.291 e. The van der Waals surface area contributed by atoms with Crippen LogP contribution in [0.1, 0.15) is 65.1 Å². The number of ether oxygens (including phenoxy) is 1. The molecule has 0 bridgehead atoms. The molecule has 3 heterocycles. The van der Waals surface area contributed by atoms with Gasteiger partial charge in [0.15, 0.2) is 6.39 Å². The van der Waals surface area contributed by atoms with Crippen LogP contribution in [0.2, 0.25) is 0 Å². The first-order valence-electron chi connectivity index (χ1n) is 11.3. The predicted molar refractivity (Wildman–Crippen MR) is 114 cm³/mol. The molecule has 2 aliphatic heterocycles. The van der Waals surface area contributed by atoms with E-state index in [1.165, 1.54) is 6.39 Å². The lowest BCUT2D eigenvalue weighted by Crippen LogP contribution is -2.55. The Morgan fingerprint density at radius 2 is 1.84 bits per heavy atom. The molecule has 31 heavy (non-hydrogen) atoms. The van der Waals surface area contributed by atoms with E-state index in [1.807, 2.05) is 35.2 Å². The first kappa shape index (κ1) is 20.2. The number of nitrogens with zero attached hydrogens (tertiary/aromatic N) is 3. The molecule has 3 fully saturated rings. The highest BCUT2D eigenvalue weighted by Crippen LogP contribution is 2.40. The van der Waals surface area contributed by atoms with Gasteiger partial charge in [-0.2, -0.15) is 0 Å². The van der Waals surface area contributed by atoms with Crippen molar-refractivity contribution in [2.24, 2.45) is 0 Å². The summed E-state index contributed by atoms with van der Waals surface area (Å²) >= 11 is 0. The van der Waals surface area contributed by atoms with Crippen molar-refractivity contribution in [3.63, 3.8) is 0 Å². The highest BCUT2D eigenvalue weighted by atomic mass is 16.5. The number of hydrogen-bond acceptors (Lipinski definition) is 5. The van der Waals surface area contributed by atoms with Crippen molar-refractivity contribution < 1.29 is 18.7 Å². The molecule has 7 nitrogen and oxygen atoms in total. The largest absolute Gasteiger partial charge is 0.438 e. The number of aromatic nitrogens is 1. The first-order valence-corrected chi connectivity index (χ1v) is 11.3. The molecule has 1 aliphatic carbocycles. The van der Waals surface area contributed by atoms with Crippen LogP contribution in [0.15, 0.2) is 41.1 Å². The van der Waals surface area contributed by atoms with Crippen LogP contribution in [0.25, 0.3) is 0 Å². The highest BCUT2D eigenvalue weighted by Gasteiger charge is 2.46. The summed E-state index contributed by atoms with van der Waals surface area (Å²) in [5.74, 6) is 0.362. The van der Waals surface area contributed by atoms with Crippen LogP contribution in [0.3, 0.4) is 0 Å². The Hall–Kier alpha value is -2.67. The van der Waals surface area contributed by atoms with E-state index in [2.05, 4.69) is 9.88 Å². The summed E-state index contributed by atoms with van der Waals surface area (Å²) in [5.41, 5.74) is 1.12. The number of benzene rings is 1. The number of hydrogen-bond donors (Lipinski definition) is 0. The lowest BCUT2D eigenvalue weighted by molar-refractivity contribution is -0.126. The van der Waals surface area contributed by atoms with E-state index in [1.54, 1.807) is 6.92 Å². The molecule has 2 saturated heterocycles. The second kappa shape index (κ2) is 8.11. The fraction of sp³-hybridized carbons (Fsp3) is 0.542. The normalized spacial score (nSPS) is 23.0. The minimum atomic E-state index is -0.264. The number of carbonyl (C=O) groups excluding carboxylic acids is 2. The Kier molecular flexibility index (Phi) is 5.30. The Balaban J connectivity index is 1.27. The van der Waals surface area contributed by atoms with Crippen LogP contribution in [0.5, 0.6) is 0 Å². The zero-order chi connectivity index (χ0) is 21.4. The Labute approximate surface area is 182 Å². The molecule has 7 heteroatoms. The standard InChI is InChI=1S/C24H29N3O4/c1-17-21(30-16-25-17)23(29)26-12-10-24(11-13-26)15-20(9-14-31-24)27(19-7-8-19)22(28)18-5-3-2-4-6-18/h2-6,16,19-20H,7-15H2,1H3. The topological polar surface area (TPSA) is 75.9 Å². The van der Waals surface area contributed by atoms with Gasteiger partial charge in [-0.1, -0.05) is 18.2 Å². The summed E-state index contributed by atoms with van der Waals surface area (Å²) in [4.78, 5) is 34.1. The van der Waals surface area contributed by atoms with Gasteiger partial charge in [0, 0.05) is 37.3 Å². The van der Waals surface area contributed by atoms with Gasteiger partial charge in [0.2, 0.25) is 5.76 Å². The van der Waals surface area contributed by atoms with E-state index >= 15 is 0 Å². The molecule has 0 radical (unpaired) electrons. The zero-order valence-corrected chi connectivity index (χ0v) is 18.0. The van der Waals surface area contributed by atoms with E-state index in [-0.39, 0.29) is 23.5 Å². The van der Waals surface area contributed by atoms with Gasteiger partial charge in [0.1, 0.15) is 0 Å². The number of likely N-dealkylation sites (tertiary alicyclic amines) is 1. The van der Waals surface area contributed by atoms with Gasteiger partial charge < -0.3 is 19.0 Å². The lowest BCUT2D eigenvalue weighted by Gasteiger charge is -2.48. The SMILES string of the molecule is Cc1ncoc1C(=O)N1CCC2(CC1)CC(N(C(=O)c1ccccc1)C1CC1)CCO2. The third-order valence-electron chi connectivity index (χ3n) is 6.96. The minimum Gasteiger partial charge on any atom is -0.438 e. The lowest BCUT2D eigenvalue weighted by atomic mass is 9.81. The van der Waals surface area contributed by atoms with Crippen molar-refractivity contribution in [2.45, 2.75) is 63.1 Å². The van der Waals surface area contributed by atoms with Crippen molar-refractivity contribution in [3.8, 4) is 0 Å². The molecule has 1 unspecified atom stereocenters. The van der Waals surface area contributed by atoms with Gasteiger partial charge in [0.25, 0.3) is 11.8 Å². The number of amides is 2. The molecule has 1 atom stereocenters. The third-order valence-corrected chi connectivity index (χ3v) is 6.96. The molecule has 1 saturated carbocycles. The van der Waals surface area contributed by atoms with Crippen molar-refractivity contribution in [3.05, 3.63) is 53.7 Å². The molecule has 2 amide bonds. The number of carbonyl (C=O) groups is 2. The molecule has 2 aromatic rings. The number of oxazole rings is 1. The molecule has 1 aromatic carbocycles. The quantitative estimate of drug-likeness (QED) is 0.753. The van der Waals surface area contributed by atoms with Crippen LogP contribution in [0.4, 0.5) is 0 Å². The fourth-order valence-electron chi connectivity index (χ4n) is 5.07. The third kappa shape index (κ3) is 3.99. The maximum absolute atomic E-state index is 13.3. The van der Waals surface area contributed by atoms with E-state index in [9.17, 15) is 9.59 Å². The van der Waals surface area contributed by atoms with Gasteiger partial charge in [-0.25, -0.2) is 4.98 Å². The Bertz CT molecular complexity index is 945. The summed E-state index contributed by atoms with van der Waals surface area (Å²) in [7, 11) is 0. The summed E-state index contributed by atoms with van der Waals surface area (Å²) in [6.45, 7) is 3.70. The van der Waals surface area contributed by atoms with Gasteiger partial charge in [-0.15, -0.1) is 0 Å². The fourth-order valence-corrected chi connectivity index (χ4v) is 5.07. The molecule has 1 spiro atoms. The number of piperidine rings is 1. The molecule has 1 aromatic heterocycles. The molecule has 0 N–H and O–H groups in total. The van der Waals surface area contributed by atoms with Gasteiger partial charge in [0.05, 0.1) is 11.3 Å². The molecular weight excluding hydrogens is 394 g/mol. The monoisotopic (exact) mass is 423 g/mol. The van der Waals surface area contributed by atoms with Crippen LogP contribution < -0.4 is 0 Å².